The zero-order chi connectivity index (χ0) is 17.4. The summed E-state index contributed by atoms with van der Waals surface area (Å²) in [5, 5.41) is 4.70. The predicted octanol–water partition coefficient (Wildman–Crippen LogP) is 2.57. The zero-order valence-electron chi connectivity index (χ0n) is 13.9. The molecular formula is C17H18ClN5O2. The minimum atomic E-state index is 0.0132. The molecule has 1 fully saturated rings. The smallest absolute Gasteiger partial charge is 0.298 e. The van der Waals surface area contributed by atoms with Crippen molar-refractivity contribution >= 4 is 34.6 Å². The van der Waals surface area contributed by atoms with Crippen molar-refractivity contribution in [1.82, 2.24) is 19.7 Å². The highest BCUT2D eigenvalue weighted by atomic mass is 35.5. The second-order valence-electron chi connectivity index (χ2n) is 6.14. The first-order valence-corrected chi connectivity index (χ1v) is 8.57. The van der Waals surface area contributed by atoms with E-state index in [1.165, 1.54) is 0 Å². The number of rotatable bonds is 2. The van der Waals surface area contributed by atoms with E-state index in [0.29, 0.717) is 41.8 Å². The monoisotopic (exact) mass is 359 g/mol. The molecule has 0 unspecified atom stereocenters. The molecule has 0 radical (unpaired) electrons. The lowest BCUT2D eigenvalue weighted by Gasteiger charge is -2.20. The van der Waals surface area contributed by atoms with Crippen LogP contribution in [0.4, 0.5) is 6.01 Å². The van der Waals surface area contributed by atoms with E-state index in [-0.39, 0.29) is 5.91 Å². The van der Waals surface area contributed by atoms with Crippen LogP contribution in [0.2, 0.25) is 5.02 Å². The number of amides is 1. The Bertz CT molecular complexity index is 919. The molecule has 1 saturated heterocycles. The molecule has 1 aromatic carbocycles. The minimum Gasteiger partial charge on any atom is -0.423 e. The largest absolute Gasteiger partial charge is 0.423 e. The third-order valence-corrected chi connectivity index (χ3v) is 4.58. The third kappa shape index (κ3) is 3.19. The van der Waals surface area contributed by atoms with E-state index in [2.05, 4.69) is 15.0 Å². The van der Waals surface area contributed by atoms with E-state index in [1.54, 1.807) is 36.3 Å². The van der Waals surface area contributed by atoms with E-state index < -0.39 is 0 Å². The summed E-state index contributed by atoms with van der Waals surface area (Å²) in [4.78, 5) is 21.1. The van der Waals surface area contributed by atoms with Gasteiger partial charge in [-0.1, -0.05) is 11.6 Å². The van der Waals surface area contributed by atoms with Crippen molar-refractivity contribution in [3.05, 3.63) is 41.2 Å². The number of halogens is 1. The first-order chi connectivity index (χ1) is 12.1. The lowest BCUT2D eigenvalue weighted by molar-refractivity contribution is 0.0767. The van der Waals surface area contributed by atoms with Gasteiger partial charge in [-0.15, -0.1) is 0 Å². The number of carbonyl (C=O) groups is 1. The number of benzene rings is 1. The normalized spacial score (nSPS) is 15.6. The molecule has 0 aliphatic carbocycles. The van der Waals surface area contributed by atoms with Gasteiger partial charge in [0.1, 0.15) is 5.52 Å². The Hall–Kier alpha value is -2.54. The van der Waals surface area contributed by atoms with Gasteiger partial charge >= 0.3 is 0 Å². The van der Waals surface area contributed by atoms with Gasteiger partial charge in [0, 0.05) is 50.5 Å². The van der Waals surface area contributed by atoms with E-state index in [9.17, 15) is 4.79 Å². The number of aromatic nitrogens is 3. The Morgan fingerprint density at radius 2 is 2.12 bits per heavy atom. The molecule has 130 valence electrons. The van der Waals surface area contributed by atoms with Gasteiger partial charge in [-0.2, -0.15) is 10.1 Å². The quantitative estimate of drug-likeness (QED) is 0.703. The van der Waals surface area contributed by atoms with Crippen LogP contribution in [0.1, 0.15) is 16.8 Å². The molecule has 1 amide bonds. The summed E-state index contributed by atoms with van der Waals surface area (Å²) >= 11 is 6.00. The number of fused-ring (bicyclic) bond motifs is 1. The van der Waals surface area contributed by atoms with E-state index in [0.717, 1.165) is 18.5 Å². The lowest BCUT2D eigenvalue weighted by Crippen LogP contribution is -2.35. The summed E-state index contributed by atoms with van der Waals surface area (Å²) < 4.78 is 7.48. The maximum absolute atomic E-state index is 12.6. The zero-order valence-corrected chi connectivity index (χ0v) is 14.6. The van der Waals surface area contributed by atoms with Gasteiger partial charge in [0.25, 0.3) is 11.9 Å². The molecule has 0 bridgehead atoms. The first-order valence-electron chi connectivity index (χ1n) is 8.19. The van der Waals surface area contributed by atoms with Gasteiger partial charge < -0.3 is 14.2 Å². The number of oxazole rings is 1. The molecule has 4 rings (SSSR count). The second-order valence-corrected chi connectivity index (χ2v) is 6.58. The molecule has 2 aromatic heterocycles. The van der Waals surface area contributed by atoms with Crippen molar-refractivity contribution in [1.29, 1.82) is 0 Å². The van der Waals surface area contributed by atoms with Gasteiger partial charge in [-0.25, -0.2) is 0 Å². The molecule has 0 atom stereocenters. The van der Waals surface area contributed by atoms with Crippen molar-refractivity contribution in [2.75, 3.05) is 31.1 Å². The predicted molar refractivity (Wildman–Crippen MR) is 95.0 cm³/mol. The standard InChI is InChI=1S/C17H18ClN5O2/c1-21-11-12(10-19-21)16(24)22-5-2-6-23(8-7-22)17-20-14-4-3-13(18)9-15(14)25-17/h3-4,9-11H,2,5-8H2,1H3. The minimum absolute atomic E-state index is 0.0132. The maximum Gasteiger partial charge on any atom is 0.298 e. The van der Waals surface area contributed by atoms with Gasteiger partial charge in [0.2, 0.25) is 0 Å². The Morgan fingerprint density at radius 1 is 1.24 bits per heavy atom. The van der Waals surface area contributed by atoms with Crippen LogP contribution in [-0.4, -0.2) is 51.8 Å². The number of hydrogen-bond acceptors (Lipinski definition) is 5. The van der Waals surface area contributed by atoms with E-state index in [4.69, 9.17) is 16.0 Å². The van der Waals surface area contributed by atoms with Crippen molar-refractivity contribution in [2.24, 2.45) is 7.05 Å². The van der Waals surface area contributed by atoms with Crippen LogP contribution < -0.4 is 4.90 Å². The molecule has 0 spiro atoms. The first kappa shape index (κ1) is 16.0. The van der Waals surface area contributed by atoms with Crippen molar-refractivity contribution in [2.45, 2.75) is 6.42 Å². The highest BCUT2D eigenvalue weighted by Gasteiger charge is 2.23. The SMILES string of the molecule is Cn1cc(C(=O)N2CCCN(c3nc4ccc(Cl)cc4o3)CC2)cn1. The fraction of sp³-hybridized carbons (Fsp3) is 0.353. The number of anilines is 1. The van der Waals surface area contributed by atoms with Crippen molar-refractivity contribution < 1.29 is 9.21 Å². The molecule has 8 heteroatoms. The van der Waals surface area contributed by atoms with Gasteiger partial charge in [-0.3, -0.25) is 9.48 Å². The number of aryl methyl sites for hydroxylation is 1. The van der Waals surface area contributed by atoms with Crippen LogP contribution in [0.25, 0.3) is 11.1 Å². The van der Waals surface area contributed by atoms with Gasteiger partial charge in [0.05, 0.1) is 11.8 Å². The molecule has 0 saturated carbocycles. The molecule has 25 heavy (non-hydrogen) atoms. The summed E-state index contributed by atoms with van der Waals surface area (Å²) in [5.74, 6) is 0.0132. The number of hydrogen-bond donors (Lipinski definition) is 0. The summed E-state index contributed by atoms with van der Waals surface area (Å²) in [6.07, 6.45) is 4.20. The highest BCUT2D eigenvalue weighted by molar-refractivity contribution is 6.31. The average molecular weight is 360 g/mol. The Labute approximate surface area is 149 Å². The van der Waals surface area contributed by atoms with Crippen LogP contribution in [0.15, 0.2) is 35.0 Å². The summed E-state index contributed by atoms with van der Waals surface area (Å²) in [6.45, 7) is 2.79. The third-order valence-electron chi connectivity index (χ3n) is 4.34. The molecule has 0 N–H and O–H groups in total. The van der Waals surface area contributed by atoms with Crippen LogP contribution in [-0.2, 0) is 7.05 Å². The average Bonchev–Trinajstić information content (AvgIpc) is 3.12. The second kappa shape index (κ2) is 6.40. The van der Waals surface area contributed by atoms with Crippen LogP contribution in [0.5, 0.6) is 0 Å². The molecular weight excluding hydrogens is 342 g/mol. The summed E-state index contributed by atoms with van der Waals surface area (Å²) in [5.41, 5.74) is 2.08. The van der Waals surface area contributed by atoms with E-state index in [1.807, 2.05) is 11.0 Å². The lowest BCUT2D eigenvalue weighted by atomic mass is 10.3. The fourth-order valence-corrected chi connectivity index (χ4v) is 3.21. The molecule has 1 aliphatic rings. The van der Waals surface area contributed by atoms with Gasteiger partial charge in [-0.05, 0) is 18.6 Å². The Balaban J connectivity index is 1.49. The van der Waals surface area contributed by atoms with Crippen LogP contribution >= 0.6 is 11.6 Å². The summed E-state index contributed by atoms with van der Waals surface area (Å²) in [6, 6.07) is 5.99. The number of carbonyl (C=O) groups excluding carboxylic acids is 1. The van der Waals surface area contributed by atoms with Crippen molar-refractivity contribution in [3.63, 3.8) is 0 Å². The maximum atomic E-state index is 12.6. The van der Waals surface area contributed by atoms with Crippen LogP contribution in [0, 0.1) is 0 Å². The Morgan fingerprint density at radius 3 is 2.92 bits per heavy atom. The molecule has 1 aliphatic heterocycles. The van der Waals surface area contributed by atoms with Gasteiger partial charge in [0.15, 0.2) is 5.58 Å². The number of nitrogens with zero attached hydrogens (tertiary/aromatic N) is 5. The molecule has 3 heterocycles. The Kier molecular flexibility index (Phi) is 4.09. The molecule has 7 nitrogen and oxygen atoms in total. The highest BCUT2D eigenvalue weighted by Crippen LogP contribution is 2.25. The molecule has 3 aromatic rings. The van der Waals surface area contributed by atoms with Crippen LogP contribution in [0.3, 0.4) is 0 Å². The van der Waals surface area contributed by atoms with Crippen molar-refractivity contribution in [3.8, 4) is 0 Å². The summed E-state index contributed by atoms with van der Waals surface area (Å²) in [7, 11) is 1.81. The fourth-order valence-electron chi connectivity index (χ4n) is 3.05. The topological polar surface area (TPSA) is 67.4 Å². The van der Waals surface area contributed by atoms with E-state index >= 15 is 0 Å².